The number of methoxy groups -OCH3 is 2. The Labute approximate surface area is 143 Å². The van der Waals surface area contributed by atoms with Gasteiger partial charge in [0.25, 0.3) is 0 Å². The molecule has 25 heavy (non-hydrogen) atoms. The Kier molecular flexibility index (Phi) is 5.21. The van der Waals surface area contributed by atoms with Crippen molar-refractivity contribution in [1.29, 1.82) is 0 Å². The maximum absolute atomic E-state index is 12.2. The van der Waals surface area contributed by atoms with E-state index in [0.717, 1.165) is 7.11 Å². The number of nitrogens with one attached hydrogen (secondary N) is 1. The van der Waals surface area contributed by atoms with E-state index in [0.29, 0.717) is 12.0 Å². The molecule has 0 aliphatic carbocycles. The van der Waals surface area contributed by atoms with Gasteiger partial charge in [-0.1, -0.05) is 0 Å². The van der Waals surface area contributed by atoms with E-state index in [-0.39, 0.29) is 34.1 Å². The smallest absolute Gasteiger partial charge is 0.373 e. The van der Waals surface area contributed by atoms with Gasteiger partial charge in [0.15, 0.2) is 12.1 Å². The zero-order valence-electron chi connectivity index (χ0n) is 14.2. The molecule has 0 bridgehead atoms. The molecule has 1 unspecified atom stereocenters. The van der Waals surface area contributed by atoms with Crippen molar-refractivity contribution < 1.29 is 33.1 Å². The van der Waals surface area contributed by atoms with E-state index < -0.39 is 17.9 Å². The predicted octanol–water partition coefficient (Wildman–Crippen LogP) is 1.24. The van der Waals surface area contributed by atoms with E-state index in [4.69, 9.17) is 9.15 Å². The van der Waals surface area contributed by atoms with Crippen molar-refractivity contribution in [1.82, 2.24) is 5.32 Å². The Hall–Kier alpha value is -3.16. The van der Waals surface area contributed by atoms with Crippen molar-refractivity contribution in [3.63, 3.8) is 0 Å². The fourth-order valence-corrected chi connectivity index (χ4v) is 2.75. The summed E-state index contributed by atoms with van der Waals surface area (Å²) in [5.41, 5.74) is 0.537. The summed E-state index contributed by atoms with van der Waals surface area (Å²) >= 11 is 0. The highest BCUT2D eigenvalue weighted by molar-refractivity contribution is 6.04. The summed E-state index contributed by atoms with van der Waals surface area (Å²) in [6.45, 7) is 2.93. The molecule has 1 N–H and O–H groups in total. The Bertz CT molecular complexity index is 813. The first-order chi connectivity index (χ1) is 11.8. The molecule has 1 aromatic heterocycles. The van der Waals surface area contributed by atoms with Crippen LogP contribution in [-0.4, -0.2) is 38.2 Å². The Morgan fingerprint density at radius 3 is 2.28 bits per heavy atom. The fourth-order valence-electron chi connectivity index (χ4n) is 2.75. The van der Waals surface area contributed by atoms with Gasteiger partial charge in [0, 0.05) is 11.3 Å². The molecule has 8 nitrogen and oxygen atoms in total. The lowest BCUT2D eigenvalue weighted by molar-refractivity contribution is -0.136. The van der Waals surface area contributed by atoms with Crippen molar-refractivity contribution in [2.24, 2.45) is 0 Å². The van der Waals surface area contributed by atoms with Gasteiger partial charge in [0.05, 0.1) is 31.4 Å². The number of esters is 2. The van der Waals surface area contributed by atoms with E-state index in [1.54, 1.807) is 6.92 Å². The van der Waals surface area contributed by atoms with Gasteiger partial charge in [-0.25, -0.2) is 9.59 Å². The third-order valence-corrected chi connectivity index (χ3v) is 3.79. The molecule has 0 saturated carbocycles. The molecule has 2 heterocycles. The number of Topliss-reactive ketones (excluding diaryl/α,β-unsaturated/α-hetero) is 1. The first-order valence-electron chi connectivity index (χ1n) is 7.30. The largest absolute Gasteiger partial charge is 0.466 e. The van der Waals surface area contributed by atoms with Crippen LogP contribution in [0, 0.1) is 0 Å². The lowest BCUT2D eigenvalue weighted by atomic mass is 9.82. The molecule has 0 fully saturated rings. The standard InChI is InChI=1S/C17H17NO7/c1-8-13(9(2)20)15(11-5-6-12(25-11)16(21)23-3)14(17(22)24-4)10(7-19)18-8/h5-7,15,18H,1-4H3. The molecule has 1 aromatic rings. The summed E-state index contributed by atoms with van der Waals surface area (Å²) in [7, 11) is 2.36. The maximum Gasteiger partial charge on any atom is 0.373 e. The van der Waals surface area contributed by atoms with Crippen molar-refractivity contribution in [2.75, 3.05) is 14.2 Å². The van der Waals surface area contributed by atoms with Crippen LogP contribution in [0.1, 0.15) is 36.1 Å². The van der Waals surface area contributed by atoms with Crippen LogP contribution in [0.15, 0.2) is 39.1 Å². The Balaban J connectivity index is 2.69. The van der Waals surface area contributed by atoms with Gasteiger partial charge >= 0.3 is 11.9 Å². The summed E-state index contributed by atoms with van der Waals surface area (Å²) in [5, 5.41) is 2.74. The van der Waals surface area contributed by atoms with E-state index in [1.165, 1.54) is 26.2 Å². The lowest BCUT2D eigenvalue weighted by Crippen LogP contribution is -2.32. The number of dihydropyridines is 1. The number of carbonyl (C=O) groups excluding carboxylic acids is 4. The van der Waals surface area contributed by atoms with E-state index in [2.05, 4.69) is 10.1 Å². The zero-order valence-corrected chi connectivity index (χ0v) is 14.2. The SMILES string of the molecule is COC(=O)C1=C(C=O)NC(C)=C(C(C)=O)C1c1ccc(C(=O)OC)o1. The van der Waals surface area contributed by atoms with Crippen molar-refractivity contribution >= 4 is 24.0 Å². The minimum atomic E-state index is -0.982. The van der Waals surface area contributed by atoms with Gasteiger partial charge in [-0.3, -0.25) is 9.59 Å². The Morgan fingerprint density at radius 2 is 1.76 bits per heavy atom. The number of aldehydes is 1. The van der Waals surface area contributed by atoms with Crippen molar-refractivity contribution in [3.05, 3.63) is 46.2 Å². The molecular formula is C17H17NO7. The van der Waals surface area contributed by atoms with Crippen molar-refractivity contribution in [3.8, 4) is 0 Å². The van der Waals surface area contributed by atoms with Crippen LogP contribution >= 0.6 is 0 Å². The number of carbonyl (C=O) groups is 4. The van der Waals surface area contributed by atoms with Crippen LogP contribution < -0.4 is 5.32 Å². The highest BCUT2D eigenvalue weighted by Gasteiger charge is 2.39. The second-order valence-electron chi connectivity index (χ2n) is 5.28. The van der Waals surface area contributed by atoms with Gasteiger partial charge in [-0.05, 0) is 26.0 Å². The maximum atomic E-state index is 12.2. The third kappa shape index (κ3) is 3.23. The average Bonchev–Trinajstić information content (AvgIpc) is 3.08. The quantitative estimate of drug-likeness (QED) is 0.625. The normalized spacial score (nSPS) is 17.0. The van der Waals surface area contributed by atoms with Gasteiger partial charge in [0.1, 0.15) is 5.76 Å². The molecule has 0 amide bonds. The van der Waals surface area contributed by atoms with Crippen LogP contribution in [0.3, 0.4) is 0 Å². The molecule has 8 heteroatoms. The predicted molar refractivity (Wildman–Crippen MR) is 84.4 cm³/mol. The molecule has 1 atom stereocenters. The molecule has 0 saturated heterocycles. The molecule has 0 spiro atoms. The number of ether oxygens (including phenoxy) is 2. The van der Waals surface area contributed by atoms with E-state index in [9.17, 15) is 19.2 Å². The van der Waals surface area contributed by atoms with E-state index in [1.807, 2.05) is 0 Å². The second-order valence-corrected chi connectivity index (χ2v) is 5.28. The molecule has 1 aliphatic rings. The van der Waals surface area contributed by atoms with Crippen LogP contribution in [0.4, 0.5) is 0 Å². The average molecular weight is 347 g/mol. The first-order valence-corrected chi connectivity index (χ1v) is 7.30. The van der Waals surface area contributed by atoms with Gasteiger partial charge in [-0.15, -0.1) is 0 Å². The summed E-state index contributed by atoms with van der Waals surface area (Å²) in [6.07, 6.45) is 0.462. The fraction of sp³-hybridized carbons (Fsp3) is 0.294. The second kappa shape index (κ2) is 7.16. The Morgan fingerprint density at radius 1 is 1.12 bits per heavy atom. The number of hydrogen-bond acceptors (Lipinski definition) is 8. The van der Waals surface area contributed by atoms with Crippen LogP contribution in [0.5, 0.6) is 0 Å². The molecular weight excluding hydrogens is 330 g/mol. The minimum Gasteiger partial charge on any atom is -0.466 e. The number of hydrogen-bond donors (Lipinski definition) is 1. The van der Waals surface area contributed by atoms with E-state index >= 15 is 0 Å². The monoisotopic (exact) mass is 347 g/mol. The number of rotatable bonds is 5. The lowest BCUT2D eigenvalue weighted by Gasteiger charge is -2.27. The van der Waals surface area contributed by atoms with Crippen molar-refractivity contribution in [2.45, 2.75) is 19.8 Å². The summed E-state index contributed by atoms with van der Waals surface area (Å²) in [4.78, 5) is 47.4. The zero-order chi connectivity index (χ0) is 18.7. The highest BCUT2D eigenvalue weighted by atomic mass is 16.5. The highest BCUT2D eigenvalue weighted by Crippen LogP contribution is 2.39. The van der Waals surface area contributed by atoms with Crippen LogP contribution in [0.2, 0.25) is 0 Å². The molecule has 0 aromatic carbocycles. The number of allylic oxidation sites excluding steroid dienone is 3. The number of furan rings is 1. The molecule has 132 valence electrons. The minimum absolute atomic E-state index is 0.0321. The summed E-state index contributed by atoms with van der Waals surface area (Å²) in [6, 6.07) is 2.82. The van der Waals surface area contributed by atoms with Gasteiger partial charge in [-0.2, -0.15) is 0 Å². The molecule has 1 aliphatic heterocycles. The number of ketones is 1. The topological polar surface area (TPSA) is 112 Å². The van der Waals surface area contributed by atoms with Gasteiger partial charge < -0.3 is 19.2 Å². The van der Waals surface area contributed by atoms with Gasteiger partial charge in [0.2, 0.25) is 5.76 Å². The third-order valence-electron chi connectivity index (χ3n) is 3.79. The molecule has 2 rings (SSSR count). The summed E-state index contributed by atoms with van der Waals surface area (Å²) < 4.78 is 14.8. The van der Waals surface area contributed by atoms with Crippen LogP contribution in [-0.2, 0) is 23.9 Å². The summed E-state index contributed by atoms with van der Waals surface area (Å²) in [5.74, 6) is -2.74. The molecule has 0 radical (unpaired) electrons. The first kappa shape index (κ1) is 18.2. The van der Waals surface area contributed by atoms with Crippen LogP contribution in [0.25, 0.3) is 0 Å².